The largest absolute Gasteiger partial charge is 0.399 e. The van der Waals surface area contributed by atoms with Crippen LogP contribution in [-0.4, -0.2) is 25.1 Å². The zero-order valence-electron chi connectivity index (χ0n) is 11.3. The third kappa shape index (κ3) is 3.55. The van der Waals surface area contributed by atoms with Gasteiger partial charge in [-0.3, -0.25) is 0 Å². The van der Waals surface area contributed by atoms with Crippen molar-refractivity contribution in [3.63, 3.8) is 0 Å². The van der Waals surface area contributed by atoms with Crippen LogP contribution in [0.2, 0.25) is 0 Å². The molecule has 0 bridgehead atoms. The number of nitrogens with zero attached hydrogens (tertiary/aromatic N) is 2. The highest BCUT2D eigenvalue weighted by atomic mass is 32.2. The number of rotatable bonds is 5. The van der Waals surface area contributed by atoms with E-state index in [1.165, 1.54) is 6.07 Å². The molecule has 7 nitrogen and oxygen atoms in total. The van der Waals surface area contributed by atoms with E-state index in [2.05, 4.69) is 14.9 Å². The van der Waals surface area contributed by atoms with E-state index >= 15 is 0 Å². The molecule has 2 aromatic rings. The normalized spacial score (nSPS) is 11.7. The number of aryl methyl sites for hydroxylation is 2. The average molecular weight is 296 g/mol. The zero-order valence-corrected chi connectivity index (χ0v) is 12.1. The maximum atomic E-state index is 12.1. The van der Waals surface area contributed by atoms with E-state index in [-0.39, 0.29) is 11.4 Å². The Morgan fingerprint density at radius 2 is 2.05 bits per heavy atom. The molecule has 0 spiro atoms. The van der Waals surface area contributed by atoms with Crippen molar-refractivity contribution >= 4 is 15.7 Å². The van der Waals surface area contributed by atoms with Gasteiger partial charge in [0.15, 0.2) is 5.82 Å². The molecule has 108 valence electrons. The van der Waals surface area contributed by atoms with Crippen molar-refractivity contribution in [2.24, 2.45) is 0 Å². The first-order valence-corrected chi connectivity index (χ1v) is 7.51. The van der Waals surface area contributed by atoms with Gasteiger partial charge in [0.1, 0.15) is 0 Å². The smallest absolute Gasteiger partial charge is 0.240 e. The molecule has 0 unspecified atom stereocenters. The Hall–Kier alpha value is -1.93. The van der Waals surface area contributed by atoms with Crippen molar-refractivity contribution < 1.29 is 12.9 Å². The summed E-state index contributed by atoms with van der Waals surface area (Å²) < 4.78 is 31.6. The minimum absolute atomic E-state index is 0.150. The summed E-state index contributed by atoms with van der Waals surface area (Å²) in [4.78, 5) is 4.15. The third-order valence-electron chi connectivity index (χ3n) is 2.58. The van der Waals surface area contributed by atoms with Gasteiger partial charge in [-0.2, -0.15) is 4.98 Å². The SMILES string of the molecule is Cc1cc(N)cc(S(=O)(=O)NCCc2nc(C)no2)c1. The molecule has 1 aromatic carbocycles. The van der Waals surface area contributed by atoms with Crippen molar-refractivity contribution in [2.75, 3.05) is 12.3 Å². The molecule has 0 amide bonds. The minimum Gasteiger partial charge on any atom is -0.399 e. The molecular weight excluding hydrogens is 280 g/mol. The second kappa shape index (κ2) is 5.59. The van der Waals surface area contributed by atoms with Crippen molar-refractivity contribution in [2.45, 2.75) is 25.2 Å². The molecule has 2 rings (SSSR count). The summed E-state index contributed by atoms with van der Waals surface area (Å²) in [5.74, 6) is 0.920. The molecule has 0 aliphatic carbocycles. The van der Waals surface area contributed by atoms with Crippen molar-refractivity contribution in [1.82, 2.24) is 14.9 Å². The summed E-state index contributed by atoms with van der Waals surface area (Å²) >= 11 is 0. The lowest BCUT2D eigenvalue weighted by Crippen LogP contribution is -2.26. The average Bonchev–Trinajstić information content (AvgIpc) is 2.73. The first-order chi connectivity index (χ1) is 9.37. The molecule has 1 heterocycles. The van der Waals surface area contributed by atoms with Crippen LogP contribution in [0, 0.1) is 13.8 Å². The van der Waals surface area contributed by atoms with E-state index in [0.717, 1.165) is 5.56 Å². The minimum atomic E-state index is -3.59. The number of nitrogen functional groups attached to an aromatic ring is 1. The van der Waals surface area contributed by atoms with Crippen LogP contribution < -0.4 is 10.5 Å². The quantitative estimate of drug-likeness (QED) is 0.789. The fourth-order valence-electron chi connectivity index (χ4n) is 1.75. The van der Waals surface area contributed by atoms with Crippen LogP contribution in [0.25, 0.3) is 0 Å². The zero-order chi connectivity index (χ0) is 14.8. The summed E-state index contributed by atoms with van der Waals surface area (Å²) in [6, 6.07) is 4.70. The summed E-state index contributed by atoms with van der Waals surface area (Å²) in [6.45, 7) is 3.67. The van der Waals surface area contributed by atoms with Gasteiger partial charge < -0.3 is 10.3 Å². The standard InChI is InChI=1S/C12H16N4O3S/c1-8-5-10(13)7-11(6-8)20(17,18)14-4-3-12-15-9(2)16-19-12/h5-7,14H,3-4,13H2,1-2H3. The van der Waals surface area contributed by atoms with Gasteiger partial charge in [0.05, 0.1) is 4.90 Å². The third-order valence-corrected chi connectivity index (χ3v) is 4.02. The number of hydrogen-bond donors (Lipinski definition) is 2. The van der Waals surface area contributed by atoms with Crippen molar-refractivity contribution in [3.8, 4) is 0 Å². The second-order valence-corrected chi connectivity index (χ2v) is 6.23. The highest BCUT2D eigenvalue weighted by Gasteiger charge is 2.15. The molecule has 0 atom stereocenters. The predicted molar refractivity (Wildman–Crippen MR) is 73.5 cm³/mol. The maximum Gasteiger partial charge on any atom is 0.240 e. The Morgan fingerprint density at radius 3 is 2.65 bits per heavy atom. The van der Waals surface area contributed by atoms with Crippen LogP contribution in [0.15, 0.2) is 27.6 Å². The van der Waals surface area contributed by atoms with Crippen LogP contribution in [0.5, 0.6) is 0 Å². The number of anilines is 1. The van der Waals surface area contributed by atoms with Gasteiger partial charge in [0.2, 0.25) is 15.9 Å². The Morgan fingerprint density at radius 1 is 1.30 bits per heavy atom. The molecule has 3 N–H and O–H groups in total. The molecule has 0 radical (unpaired) electrons. The summed E-state index contributed by atoms with van der Waals surface area (Å²) in [6.07, 6.45) is 0.335. The van der Waals surface area contributed by atoms with E-state index in [9.17, 15) is 8.42 Å². The number of nitrogens with two attached hydrogens (primary N) is 1. The summed E-state index contributed by atoms with van der Waals surface area (Å²) in [5.41, 5.74) is 6.86. The lowest BCUT2D eigenvalue weighted by Gasteiger charge is -2.07. The van der Waals surface area contributed by atoms with E-state index in [0.29, 0.717) is 23.8 Å². The van der Waals surface area contributed by atoms with E-state index in [1.54, 1.807) is 26.0 Å². The van der Waals surface area contributed by atoms with Crippen molar-refractivity contribution in [1.29, 1.82) is 0 Å². The molecule has 0 aliphatic heterocycles. The fraction of sp³-hybridized carbons (Fsp3) is 0.333. The first-order valence-electron chi connectivity index (χ1n) is 6.03. The Balaban J connectivity index is 2.03. The van der Waals surface area contributed by atoms with Crippen LogP contribution in [0.4, 0.5) is 5.69 Å². The highest BCUT2D eigenvalue weighted by molar-refractivity contribution is 7.89. The van der Waals surface area contributed by atoms with E-state index in [1.807, 2.05) is 0 Å². The second-order valence-electron chi connectivity index (χ2n) is 4.46. The van der Waals surface area contributed by atoms with Gasteiger partial charge in [0.25, 0.3) is 0 Å². The predicted octanol–water partition coefficient (Wildman–Crippen LogP) is 0.790. The number of hydrogen-bond acceptors (Lipinski definition) is 6. The molecule has 20 heavy (non-hydrogen) atoms. The van der Waals surface area contributed by atoms with Gasteiger partial charge in [0, 0.05) is 18.7 Å². The summed E-state index contributed by atoms with van der Waals surface area (Å²) in [7, 11) is -3.59. The lowest BCUT2D eigenvalue weighted by atomic mass is 10.2. The highest BCUT2D eigenvalue weighted by Crippen LogP contribution is 2.16. The number of nitrogens with one attached hydrogen (secondary N) is 1. The lowest BCUT2D eigenvalue weighted by molar-refractivity contribution is 0.375. The molecule has 0 aliphatic rings. The van der Waals surface area contributed by atoms with Gasteiger partial charge in [-0.25, -0.2) is 13.1 Å². The molecular formula is C12H16N4O3S. The number of benzene rings is 1. The van der Waals surface area contributed by atoms with Gasteiger partial charge in [-0.05, 0) is 37.6 Å². The topological polar surface area (TPSA) is 111 Å². The van der Waals surface area contributed by atoms with Gasteiger partial charge >= 0.3 is 0 Å². The van der Waals surface area contributed by atoms with Crippen LogP contribution in [0.1, 0.15) is 17.3 Å². The fourth-order valence-corrected chi connectivity index (χ4v) is 2.92. The van der Waals surface area contributed by atoms with Crippen LogP contribution in [0.3, 0.4) is 0 Å². The first kappa shape index (κ1) is 14.5. The molecule has 0 saturated carbocycles. The molecule has 1 aromatic heterocycles. The Labute approximate surface area is 117 Å². The number of sulfonamides is 1. The summed E-state index contributed by atoms with van der Waals surface area (Å²) in [5, 5.41) is 3.63. The van der Waals surface area contributed by atoms with Crippen LogP contribution in [-0.2, 0) is 16.4 Å². The van der Waals surface area contributed by atoms with Crippen LogP contribution >= 0.6 is 0 Å². The van der Waals surface area contributed by atoms with E-state index in [4.69, 9.17) is 10.3 Å². The molecule has 0 saturated heterocycles. The number of aromatic nitrogens is 2. The molecule has 0 fully saturated rings. The van der Waals surface area contributed by atoms with E-state index < -0.39 is 10.0 Å². The Kier molecular flexibility index (Phi) is 4.05. The maximum absolute atomic E-state index is 12.1. The Bertz CT molecular complexity index is 689. The van der Waals surface area contributed by atoms with Crippen molar-refractivity contribution in [3.05, 3.63) is 35.5 Å². The van der Waals surface area contributed by atoms with Gasteiger partial charge in [-0.1, -0.05) is 5.16 Å². The monoisotopic (exact) mass is 296 g/mol. The molecule has 8 heteroatoms. The van der Waals surface area contributed by atoms with Gasteiger partial charge in [-0.15, -0.1) is 0 Å².